The summed E-state index contributed by atoms with van der Waals surface area (Å²) in [6.07, 6.45) is 0.300. The molecule has 7 heteroatoms. The van der Waals surface area contributed by atoms with Crippen LogP contribution in [-0.2, 0) is 22.6 Å². The SMILES string of the molecule is COc1ccc(C[C@](C)(O)CNC(=O)C(=O)NCc2ccc(F)cc2)cc1. The number of carbonyl (C=O) groups excluding carboxylic acids is 2. The smallest absolute Gasteiger partial charge is 0.309 e. The van der Waals surface area contributed by atoms with Gasteiger partial charge in [-0.2, -0.15) is 0 Å². The number of rotatable bonds is 7. The molecule has 0 aliphatic heterocycles. The number of nitrogens with one attached hydrogen (secondary N) is 2. The van der Waals surface area contributed by atoms with Crippen LogP contribution >= 0.6 is 0 Å². The first-order valence-electron chi connectivity index (χ1n) is 8.45. The zero-order valence-corrected chi connectivity index (χ0v) is 15.3. The van der Waals surface area contributed by atoms with Gasteiger partial charge in [-0.05, 0) is 42.3 Å². The Bertz CT molecular complexity index is 774. The summed E-state index contributed by atoms with van der Waals surface area (Å²) in [6.45, 7) is 1.60. The summed E-state index contributed by atoms with van der Waals surface area (Å²) in [6, 6.07) is 12.8. The molecule has 0 aliphatic carbocycles. The number of hydrogen-bond acceptors (Lipinski definition) is 4. The molecule has 1 atom stereocenters. The van der Waals surface area contributed by atoms with Gasteiger partial charge >= 0.3 is 11.8 Å². The summed E-state index contributed by atoms with van der Waals surface area (Å²) >= 11 is 0. The highest BCUT2D eigenvalue weighted by Crippen LogP contribution is 2.16. The summed E-state index contributed by atoms with van der Waals surface area (Å²) in [5.41, 5.74) is 0.321. The van der Waals surface area contributed by atoms with Crippen LogP contribution in [0.2, 0.25) is 0 Å². The Labute approximate surface area is 157 Å². The number of amides is 2. The Hall–Kier alpha value is -2.93. The van der Waals surface area contributed by atoms with Crippen molar-refractivity contribution in [3.05, 3.63) is 65.5 Å². The third kappa shape index (κ3) is 6.71. The number of benzene rings is 2. The maximum absolute atomic E-state index is 12.8. The maximum atomic E-state index is 12.8. The second-order valence-corrected chi connectivity index (χ2v) is 6.51. The molecule has 0 unspecified atom stereocenters. The molecule has 0 aliphatic rings. The van der Waals surface area contributed by atoms with Gasteiger partial charge in [0.2, 0.25) is 0 Å². The summed E-state index contributed by atoms with van der Waals surface area (Å²) in [5.74, 6) is -1.32. The molecular weight excluding hydrogens is 351 g/mol. The van der Waals surface area contributed by atoms with Crippen LogP contribution in [0.3, 0.4) is 0 Å². The van der Waals surface area contributed by atoms with Crippen molar-refractivity contribution in [1.82, 2.24) is 10.6 Å². The minimum atomic E-state index is -1.22. The van der Waals surface area contributed by atoms with Gasteiger partial charge in [-0.25, -0.2) is 4.39 Å². The third-order valence-corrected chi connectivity index (χ3v) is 3.95. The first-order valence-corrected chi connectivity index (χ1v) is 8.45. The largest absolute Gasteiger partial charge is 0.497 e. The zero-order valence-electron chi connectivity index (χ0n) is 15.3. The van der Waals surface area contributed by atoms with Gasteiger partial charge in [-0.3, -0.25) is 9.59 Å². The predicted molar refractivity (Wildman–Crippen MR) is 98.6 cm³/mol. The van der Waals surface area contributed by atoms with E-state index in [0.717, 1.165) is 5.56 Å². The van der Waals surface area contributed by atoms with E-state index in [4.69, 9.17) is 4.74 Å². The molecule has 0 saturated heterocycles. The molecule has 0 spiro atoms. The van der Waals surface area contributed by atoms with E-state index >= 15 is 0 Å². The summed E-state index contributed by atoms with van der Waals surface area (Å²) < 4.78 is 17.9. The van der Waals surface area contributed by atoms with Gasteiger partial charge in [-0.15, -0.1) is 0 Å². The lowest BCUT2D eigenvalue weighted by atomic mass is 9.96. The van der Waals surface area contributed by atoms with Crippen molar-refractivity contribution in [3.63, 3.8) is 0 Å². The average molecular weight is 374 g/mol. The Morgan fingerprint density at radius 1 is 1.00 bits per heavy atom. The highest BCUT2D eigenvalue weighted by atomic mass is 19.1. The molecule has 2 aromatic carbocycles. The predicted octanol–water partition coefficient (Wildman–Crippen LogP) is 1.56. The van der Waals surface area contributed by atoms with E-state index in [1.54, 1.807) is 26.2 Å². The molecule has 144 valence electrons. The van der Waals surface area contributed by atoms with Crippen LogP contribution in [0.5, 0.6) is 5.75 Å². The van der Waals surface area contributed by atoms with Crippen molar-refractivity contribution in [1.29, 1.82) is 0 Å². The number of carbonyl (C=O) groups is 2. The second kappa shape index (κ2) is 9.14. The summed E-state index contributed by atoms with van der Waals surface area (Å²) in [4.78, 5) is 23.7. The van der Waals surface area contributed by atoms with Crippen LogP contribution in [0.15, 0.2) is 48.5 Å². The van der Waals surface area contributed by atoms with Crippen LogP contribution < -0.4 is 15.4 Å². The fraction of sp³-hybridized carbons (Fsp3) is 0.300. The number of hydrogen-bond donors (Lipinski definition) is 3. The lowest BCUT2D eigenvalue weighted by Crippen LogP contribution is -2.47. The molecule has 0 heterocycles. The molecular formula is C20H23FN2O4. The highest BCUT2D eigenvalue weighted by Gasteiger charge is 2.23. The van der Waals surface area contributed by atoms with Gasteiger partial charge < -0.3 is 20.5 Å². The van der Waals surface area contributed by atoms with Crippen LogP contribution in [0.1, 0.15) is 18.1 Å². The lowest BCUT2D eigenvalue weighted by molar-refractivity contribution is -0.139. The summed E-state index contributed by atoms with van der Waals surface area (Å²) in [5, 5.41) is 15.3. The van der Waals surface area contributed by atoms with Crippen molar-refractivity contribution in [2.24, 2.45) is 0 Å². The Morgan fingerprint density at radius 3 is 2.15 bits per heavy atom. The quantitative estimate of drug-likeness (QED) is 0.642. The molecule has 0 aromatic heterocycles. The fourth-order valence-corrected chi connectivity index (χ4v) is 2.46. The maximum Gasteiger partial charge on any atom is 0.309 e. The fourth-order valence-electron chi connectivity index (χ4n) is 2.46. The minimum Gasteiger partial charge on any atom is -0.497 e. The average Bonchev–Trinajstić information content (AvgIpc) is 2.65. The van der Waals surface area contributed by atoms with E-state index in [-0.39, 0.29) is 18.9 Å². The highest BCUT2D eigenvalue weighted by molar-refractivity contribution is 6.35. The lowest BCUT2D eigenvalue weighted by Gasteiger charge is -2.23. The van der Waals surface area contributed by atoms with E-state index in [9.17, 15) is 19.1 Å². The van der Waals surface area contributed by atoms with Crippen LogP contribution in [0.25, 0.3) is 0 Å². The van der Waals surface area contributed by atoms with E-state index in [0.29, 0.717) is 17.7 Å². The van der Waals surface area contributed by atoms with Gasteiger partial charge in [0.05, 0.1) is 12.7 Å². The Kier molecular flexibility index (Phi) is 6.90. The first-order chi connectivity index (χ1) is 12.8. The molecule has 2 rings (SSSR count). The topological polar surface area (TPSA) is 87.7 Å². The first kappa shape index (κ1) is 20.4. The number of methoxy groups -OCH3 is 1. The Balaban J connectivity index is 1.79. The van der Waals surface area contributed by atoms with Gasteiger partial charge in [0.15, 0.2) is 0 Å². The Morgan fingerprint density at radius 2 is 1.56 bits per heavy atom. The van der Waals surface area contributed by atoms with E-state index < -0.39 is 17.4 Å². The van der Waals surface area contributed by atoms with Crippen molar-refractivity contribution in [2.45, 2.75) is 25.5 Å². The van der Waals surface area contributed by atoms with E-state index in [1.165, 1.54) is 24.3 Å². The normalized spacial score (nSPS) is 12.7. The molecule has 2 aromatic rings. The second-order valence-electron chi connectivity index (χ2n) is 6.51. The van der Waals surface area contributed by atoms with Crippen molar-refractivity contribution >= 4 is 11.8 Å². The molecule has 0 fully saturated rings. The number of aliphatic hydroxyl groups is 1. The van der Waals surface area contributed by atoms with Crippen LogP contribution in [-0.4, -0.2) is 36.2 Å². The number of halogens is 1. The molecule has 0 bridgehead atoms. The van der Waals surface area contributed by atoms with Crippen molar-refractivity contribution < 1.29 is 23.8 Å². The monoisotopic (exact) mass is 374 g/mol. The zero-order chi connectivity index (χ0) is 19.9. The van der Waals surface area contributed by atoms with Gasteiger partial charge in [-0.1, -0.05) is 24.3 Å². The minimum absolute atomic E-state index is 0.0815. The van der Waals surface area contributed by atoms with Crippen molar-refractivity contribution in [2.75, 3.05) is 13.7 Å². The van der Waals surface area contributed by atoms with Crippen LogP contribution in [0.4, 0.5) is 4.39 Å². The van der Waals surface area contributed by atoms with Crippen LogP contribution in [0, 0.1) is 5.82 Å². The molecule has 27 heavy (non-hydrogen) atoms. The number of ether oxygens (including phenoxy) is 1. The summed E-state index contributed by atoms with van der Waals surface area (Å²) in [7, 11) is 1.57. The third-order valence-electron chi connectivity index (χ3n) is 3.95. The van der Waals surface area contributed by atoms with Gasteiger partial charge in [0.25, 0.3) is 0 Å². The van der Waals surface area contributed by atoms with Crippen molar-refractivity contribution in [3.8, 4) is 5.75 Å². The molecule has 3 N–H and O–H groups in total. The standard InChI is InChI=1S/C20H23FN2O4/c1-20(26,11-14-5-9-17(27-2)10-6-14)13-23-19(25)18(24)22-12-15-3-7-16(21)8-4-15/h3-10,26H,11-13H2,1-2H3,(H,22,24)(H,23,25)/t20-/m0/s1. The molecule has 2 amide bonds. The van der Waals surface area contributed by atoms with E-state index in [2.05, 4.69) is 10.6 Å². The van der Waals surface area contributed by atoms with Gasteiger partial charge in [0.1, 0.15) is 11.6 Å². The molecule has 6 nitrogen and oxygen atoms in total. The van der Waals surface area contributed by atoms with Gasteiger partial charge in [0, 0.05) is 19.5 Å². The van der Waals surface area contributed by atoms with E-state index in [1.807, 2.05) is 12.1 Å². The molecule has 0 saturated carbocycles. The molecule has 0 radical (unpaired) electrons.